The Bertz CT molecular complexity index is 427. The normalized spacial score (nSPS) is 29.4. The molecular formula is C14H25N5O. The number of hydrogen-bond acceptors (Lipinski definition) is 6. The van der Waals surface area contributed by atoms with E-state index in [1.165, 1.54) is 19.3 Å². The third-order valence-electron chi connectivity index (χ3n) is 4.60. The molecule has 2 unspecified atom stereocenters. The Kier molecular flexibility index (Phi) is 4.21. The lowest BCUT2D eigenvalue weighted by molar-refractivity contribution is 0.306. The standard InChI is InChI=1S/C14H25N5O/c1-18-7-9-19(10-8-18)14-16-13(20-17-14)11-5-3-2-4-6-12(11)15/h11-12H,2-10,15H2,1H3. The number of likely N-dealkylation sites (N-methyl/N-ethyl adjacent to an activating group) is 1. The van der Waals surface area contributed by atoms with Crippen LogP contribution >= 0.6 is 0 Å². The molecule has 0 radical (unpaired) electrons. The smallest absolute Gasteiger partial charge is 0.266 e. The van der Waals surface area contributed by atoms with Crippen molar-refractivity contribution in [2.75, 3.05) is 38.1 Å². The minimum atomic E-state index is 0.165. The second-order valence-electron chi connectivity index (χ2n) is 6.13. The summed E-state index contributed by atoms with van der Waals surface area (Å²) >= 11 is 0. The molecule has 2 atom stereocenters. The van der Waals surface area contributed by atoms with Crippen LogP contribution in [0.1, 0.15) is 43.9 Å². The monoisotopic (exact) mass is 279 g/mol. The maximum absolute atomic E-state index is 6.27. The van der Waals surface area contributed by atoms with Crippen LogP contribution in [0.25, 0.3) is 0 Å². The summed E-state index contributed by atoms with van der Waals surface area (Å²) in [5.41, 5.74) is 6.27. The van der Waals surface area contributed by atoms with Crippen LogP contribution in [-0.2, 0) is 0 Å². The van der Waals surface area contributed by atoms with Crippen molar-refractivity contribution in [3.63, 3.8) is 0 Å². The first-order valence-electron chi connectivity index (χ1n) is 7.77. The van der Waals surface area contributed by atoms with E-state index in [1.54, 1.807) is 0 Å². The van der Waals surface area contributed by atoms with Gasteiger partial charge in [-0.1, -0.05) is 19.3 Å². The minimum Gasteiger partial charge on any atom is -0.337 e. The summed E-state index contributed by atoms with van der Waals surface area (Å²) in [6, 6.07) is 0.165. The Morgan fingerprint density at radius 2 is 1.85 bits per heavy atom. The maximum Gasteiger partial charge on any atom is 0.266 e. The van der Waals surface area contributed by atoms with Crippen molar-refractivity contribution in [2.24, 2.45) is 5.73 Å². The fourth-order valence-corrected chi connectivity index (χ4v) is 3.16. The van der Waals surface area contributed by atoms with Gasteiger partial charge < -0.3 is 20.1 Å². The minimum absolute atomic E-state index is 0.165. The van der Waals surface area contributed by atoms with Crippen LogP contribution in [0.2, 0.25) is 0 Å². The number of piperazine rings is 1. The Balaban J connectivity index is 1.69. The van der Waals surface area contributed by atoms with E-state index >= 15 is 0 Å². The topological polar surface area (TPSA) is 71.4 Å². The van der Waals surface area contributed by atoms with Crippen LogP contribution in [0.15, 0.2) is 4.52 Å². The van der Waals surface area contributed by atoms with Crippen molar-refractivity contribution in [1.82, 2.24) is 15.0 Å². The van der Waals surface area contributed by atoms with Crippen molar-refractivity contribution in [3.05, 3.63) is 5.89 Å². The van der Waals surface area contributed by atoms with E-state index in [4.69, 9.17) is 10.3 Å². The van der Waals surface area contributed by atoms with Crippen LogP contribution in [-0.4, -0.2) is 54.3 Å². The summed E-state index contributed by atoms with van der Waals surface area (Å²) in [5, 5.41) is 4.17. The number of nitrogens with zero attached hydrogens (tertiary/aromatic N) is 4. The average Bonchev–Trinajstić information content (AvgIpc) is 2.83. The van der Waals surface area contributed by atoms with E-state index < -0.39 is 0 Å². The highest BCUT2D eigenvalue weighted by Crippen LogP contribution is 2.30. The molecule has 2 heterocycles. The Hall–Kier alpha value is -1.14. The molecule has 1 saturated heterocycles. The van der Waals surface area contributed by atoms with Gasteiger partial charge in [0.1, 0.15) is 0 Å². The summed E-state index contributed by atoms with van der Waals surface area (Å²) in [6.07, 6.45) is 5.84. The van der Waals surface area contributed by atoms with E-state index in [1.807, 2.05) is 0 Å². The van der Waals surface area contributed by atoms with Crippen LogP contribution in [0.5, 0.6) is 0 Å². The molecular weight excluding hydrogens is 254 g/mol. The summed E-state index contributed by atoms with van der Waals surface area (Å²) in [6.45, 7) is 4.03. The number of rotatable bonds is 2. The van der Waals surface area contributed by atoms with Gasteiger partial charge in [-0.25, -0.2) is 0 Å². The van der Waals surface area contributed by atoms with E-state index in [-0.39, 0.29) is 12.0 Å². The molecule has 20 heavy (non-hydrogen) atoms. The molecule has 1 aliphatic carbocycles. The molecule has 1 aliphatic heterocycles. The van der Waals surface area contributed by atoms with Crippen molar-refractivity contribution < 1.29 is 4.52 Å². The van der Waals surface area contributed by atoms with Gasteiger partial charge in [0.15, 0.2) is 0 Å². The fourth-order valence-electron chi connectivity index (χ4n) is 3.16. The number of hydrogen-bond donors (Lipinski definition) is 1. The molecule has 0 aromatic carbocycles. The molecule has 0 amide bonds. The van der Waals surface area contributed by atoms with Gasteiger partial charge in [-0.15, -0.1) is 0 Å². The van der Waals surface area contributed by atoms with Crippen molar-refractivity contribution in [1.29, 1.82) is 0 Å². The van der Waals surface area contributed by atoms with Crippen LogP contribution < -0.4 is 10.6 Å². The first kappa shape index (κ1) is 13.8. The third-order valence-corrected chi connectivity index (χ3v) is 4.60. The zero-order valence-electron chi connectivity index (χ0n) is 12.3. The van der Waals surface area contributed by atoms with Gasteiger partial charge in [-0.2, -0.15) is 4.98 Å². The second kappa shape index (κ2) is 6.10. The van der Waals surface area contributed by atoms with Gasteiger partial charge in [0.05, 0.1) is 5.92 Å². The zero-order valence-corrected chi connectivity index (χ0v) is 12.3. The van der Waals surface area contributed by atoms with Crippen LogP contribution in [0.4, 0.5) is 5.95 Å². The molecule has 112 valence electrons. The van der Waals surface area contributed by atoms with E-state index in [0.717, 1.165) is 50.9 Å². The molecule has 6 nitrogen and oxygen atoms in total. The first-order valence-corrected chi connectivity index (χ1v) is 7.77. The molecule has 2 aliphatic rings. The summed E-state index contributed by atoms with van der Waals surface area (Å²) in [7, 11) is 2.14. The third kappa shape index (κ3) is 2.96. The molecule has 0 bridgehead atoms. The molecule has 1 aromatic heterocycles. The van der Waals surface area contributed by atoms with Gasteiger partial charge in [-0.3, -0.25) is 0 Å². The molecule has 6 heteroatoms. The molecule has 1 aromatic rings. The Morgan fingerprint density at radius 1 is 1.10 bits per heavy atom. The molecule has 0 spiro atoms. The summed E-state index contributed by atoms with van der Waals surface area (Å²) in [4.78, 5) is 9.15. The summed E-state index contributed by atoms with van der Waals surface area (Å²) < 4.78 is 5.51. The van der Waals surface area contributed by atoms with Crippen LogP contribution in [0.3, 0.4) is 0 Å². The van der Waals surface area contributed by atoms with Gasteiger partial charge in [0, 0.05) is 32.2 Å². The summed E-state index contributed by atoms with van der Waals surface area (Å²) in [5.74, 6) is 1.73. The predicted octanol–water partition coefficient (Wildman–Crippen LogP) is 1.20. The van der Waals surface area contributed by atoms with Gasteiger partial charge >= 0.3 is 0 Å². The predicted molar refractivity (Wildman–Crippen MR) is 77.8 cm³/mol. The Morgan fingerprint density at radius 3 is 2.65 bits per heavy atom. The molecule has 2 N–H and O–H groups in total. The molecule has 2 fully saturated rings. The van der Waals surface area contributed by atoms with Crippen molar-refractivity contribution in [3.8, 4) is 0 Å². The largest absolute Gasteiger partial charge is 0.337 e. The number of anilines is 1. The number of aromatic nitrogens is 2. The van der Waals surface area contributed by atoms with Crippen LogP contribution in [0, 0.1) is 0 Å². The molecule has 1 saturated carbocycles. The van der Waals surface area contributed by atoms with E-state index in [9.17, 15) is 0 Å². The highest BCUT2D eigenvalue weighted by Gasteiger charge is 2.28. The zero-order chi connectivity index (χ0) is 13.9. The quantitative estimate of drug-likeness (QED) is 0.820. The lowest BCUT2D eigenvalue weighted by Gasteiger charge is -2.31. The van der Waals surface area contributed by atoms with Crippen molar-refractivity contribution >= 4 is 5.95 Å². The van der Waals surface area contributed by atoms with Crippen molar-refractivity contribution in [2.45, 2.75) is 44.1 Å². The van der Waals surface area contributed by atoms with Gasteiger partial charge in [-0.05, 0) is 25.0 Å². The van der Waals surface area contributed by atoms with Gasteiger partial charge in [0.25, 0.3) is 5.95 Å². The second-order valence-corrected chi connectivity index (χ2v) is 6.13. The highest BCUT2D eigenvalue weighted by molar-refractivity contribution is 5.29. The Labute approximate surface area is 120 Å². The lowest BCUT2D eigenvalue weighted by atomic mass is 9.95. The SMILES string of the molecule is CN1CCN(c2noc(C3CCCCCC3N)n2)CC1. The first-order chi connectivity index (χ1) is 9.74. The maximum atomic E-state index is 6.27. The fraction of sp³-hybridized carbons (Fsp3) is 0.857. The molecule has 3 rings (SSSR count). The highest BCUT2D eigenvalue weighted by atomic mass is 16.5. The lowest BCUT2D eigenvalue weighted by Crippen LogP contribution is -2.45. The number of nitrogens with two attached hydrogens (primary N) is 1. The van der Waals surface area contributed by atoms with Gasteiger partial charge in [0.2, 0.25) is 5.89 Å². The van der Waals surface area contributed by atoms with E-state index in [0.29, 0.717) is 0 Å². The average molecular weight is 279 g/mol. The van der Waals surface area contributed by atoms with E-state index in [2.05, 4.69) is 27.0 Å².